The zero-order valence-corrected chi connectivity index (χ0v) is 13.2. The van der Waals surface area contributed by atoms with Crippen molar-refractivity contribution in [3.8, 4) is 0 Å². The summed E-state index contributed by atoms with van der Waals surface area (Å²) >= 11 is 0. The molecule has 0 aromatic heterocycles. The molecule has 0 aromatic rings. The average molecular weight is 286 g/mol. The molecule has 3 nitrogen and oxygen atoms in total. The van der Waals surface area contributed by atoms with E-state index in [0.29, 0.717) is 11.3 Å². The normalized spacial score (nSPS) is 34.7. The molecule has 3 fully saturated rings. The van der Waals surface area contributed by atoms with Crippen LogP contribution in [-0.4, -0.2) is 26.2 Å². The Bertz CT molecular complexity index is 437. The van der Waals surface area contributed by atoms with Gasteiger partial charge < -0.3 is 0 Å². The van der Waals surface area contributed by atoms with E-state index in [0.717, 1.165) is 44.8 Å². The van der Waals surface area contributed by atoms with Crippen LogP contribution in [0.25, 0.3) is 0 Å². The topological polar surface area (TPSA) is 51.2 Å². The molecule has 0 unspecified atom stereocenters. The number of hydrogen-bond donors (Lipinski definition) is 0. The molecule has 0 spiro atoms. The molecule has 0 amide bonds. The van der Waals surface area contributed by atoms with E-state index in [1.54, 1.807) is 0 Å². The molecule has 0 atom stereocenters. The first-order chi connectivity index (χ1) is 8.67. The lowest BCUT2D eigenvalue weighted by atomic mass is 9.51. The van der Waals surface area contributed by atoms with E-state index in [2.05, 4.69) is 13.8 Å². The van der Waals surface area contributed by atoms with Crippen LogP contribution in [-0.2, 0) is 14.6 Å². The summed E-state index contributed by atoms with van der Waals surface area (Å²) in [6, 6.07) is 0. The van der Waals surface area contributed by atoms with Gasteiger partial charge in [0, 0.05) is 11.7 Å². The van der Waals surface area contributed by atoms with Gasteiger partial charge in [-0.25, -0.2) is 8.42 Å². The van der Waals surface area contributed by atoms with Gasteiger partial charge in [-0.05, 0) is 56.3 Å². The second-order valence-corrected chi connectivity index (χ2v) is 9.51. The molecule has 0 N–H and O–H groups in total. The van der Waals surface area contributed by atoms with Crippen LogP contribution in [0.3, 0.4) is 0 Å². The van der Waals surface area contributed by atoms with E-state index in [1.807, 2.05) is 0 Å². The Morgan fingerprint density at radius 2 is 1.53 bits per heavy atom. The van der Waals surface area contributed by atoms with E-state index in [1.165, 1.54) is 6.42 Å². The number of hydrogen-bond acceptors (Lipinski definition) is 3. The van der Waals surface area contributed by atoms with E-state index in [9.17, 15) is 13.2 Å². The van der Waals surface area contributed by atoms with Crippen molar-refractivity contribution in [1.29, 1.82) is 0 Å². The summed E-state index contributed by atoms with van der Waals surface area (Å²) < 4.78 is 22.7. The minimum absolute atomic E-state index is 0.0205. The number of carbonyl (C=O) groups excluding carboxylic acids is 1. The maximum absolute atomic E-state index is 12.3. The molecule has 0 aliphatic heterocycles. The summed E-state index contributed by atoms with van der Waals surface area (Å²) in [5, 5.41) is 0. The Kier molecular flexibility index (Phi) is 3.85. The Labute approximate surface area is 117 Å². The molecule has 4 heteroatoms. The van der Waals surface area contributed by atoms with Gasteiger partial charge in [-0.2, -0.15) is 0 Å². The molecule has 0 heterocycles. The van der Waals surface area contributed by atoms with Gasteiger partial charge in [-0.1, -0.05) is 13.8 Å². The highest BCUT2D eigenvalue weighted by Gasteiger charge is 2.52. The third-order valence-corrected chi connectivity index (χ3v) is 6.01. The first kappa shape index (κ1) is 15.0. The van der Waals surface area contributed by atoms with Crippen LogP contribution >= 0.6 is 0 Å². The van der Waals surface area contributed by atoms with Crippen molar-refractivity contribution >= 4 is 15.6 Å². The lowest BCUT2D eigenvalue weighted by Crippen LogP contribution is -2.47. The zero-order chi connectivity index (χ0) is 14.3. The van der Waals surface area contributed by atoms with E-state index >= 15 is 0 Å². The Morgan fingerprint density at radius 3 is 1.89 bits per heavy atom. The quantitative estimate of drug-likeness (QED) is 0.780. The zero-order valence-electron chi connectivity index (χ0n) is 12.4. The van der Waals surface area contributed by atoms with Gasteiger partial charge in [0.05, 0.1) is 0 Å². The molecule has 19 heavy (non-hydrogen) atoms. The Balaban J connectivity index is 2.06. The molecule has 3 aliphatic rings. The van der Waals surface area contributed by atoms with Gasteiger partial charge in [-0.15, -0.1) is 0 Å². The van der Waals surface area contributed by atoms with Gasteiger partial charge in [0.15, 0.2) is 15.6 Å². The lowest BCUT2D eigenvalue weighted by Gasteiger charge is -2.53. The summed E-state index contributed by atoms with van der Waals surface area (Å²) in [6.45, 7) is 4.53. The highest BCUT2D eigenvalue weighted by Crippen LogP contribution is 2.59. The first-order valence-electron chi connectivity index (χ1n) is 7.38. The third kappa shape index (κ3) is 3.21. The maximum atomic E-state index is 12.3. The molecular weight excluding hydrogens is 260 g/mol. The molecule has 3 aliphatic carbocycles. The molecule has 3 saturated carbocycles. The van der Waals surface area contributed by atoms with E-state index < -0.39 is 9.84 Å². The van der Waals surface area contributed by atoms with Crippen LogP contribution in [0.4, 0.5) is 0 Å². The van der Waals surface area contributed by atoms with E-state index in [4.69, 9.17) is 0 Å². The monoisotopic (exact) mass is 286 g/mol. The maximum Gasteiger partial charge on any atom is 0.154 e. The highest BCUT2D eigenvalue weighted by atomic mass is 32.2. The van der Waals surface area contributed by atoms with Crippen LogP contribution in [0, 0.1) is 16.7 Å². The third-order valence-electron chi connectivity index (χ3n) is 5.23. The number of carbonyl (C=O) groups is 1. The number of sulfone groups is 1. The Morgan fingerprint density at radius 1 is 1.05 bits per heavy atom. The number of ketones is 1. The number of Topliss-reactive ketones (excluding diaryl/α,β-unsaturated/α-hetero) is 1. The van der Waals surface area contributed by atoms with Crippen LogP contribution in [0.2, 0.25) is 0 Å². The fraction of sp³-hybridized carbons (Fsp3) is 0.933. The smallest absolute Gasteiger partial charge is 0.154 e. The molecular formula is C15H26O3S. The Hall–Kier alpha value is -0.380. The van der Waals surface area contributed by atoms with Crippen LogP contribution in [0.15, 0.2) is 0 Å². The van der Waals surface area contributed by atoms with Crippen molar-refractivity contribution in [3.05, 3.63) is 0 Å². The van der Waals surface area contributed by atoms with Crippen molar-refractivity contribution in [2.75, 3.05) is 12.0 Å². The van der Waals surface area contributed by atoms with Crippen LogP contribution in [0.1, 0.15) is 58.8 Å². The average Bonchev–Trinajstić information content (AvgIpc) is 2.27. The van der Waals surface area contributed by atoms with Gasteiger partial charge in [-0.3, -0.25) is 4.79 Å². The lowest BCUT2D eigenvalue weighted by molar-refractivity contribution is -0.136. The summed E-state index contributed by atoms with van der Waals surface area (Å²) in [6.07, 6.45) is 8.48. The second kappa shape index (κ2) is 4.87. The SMILES string of the molecule is CC(C)CC12CCC(C(=O)CS(C)(=O)=O)(CC1)CC2. The largest absolute Gasteiger partial charge is 0.298 e. The van der Waals surface area contributed by atoms with Crippen molar-refractivity contribution in [3.63, 3.8) is 0 Å². The van der Waals surface area contributed by atoms with Crippen molar-refractivity contribution in [2.24, 2.45) is 16.7 Å². The summed E-state index contributed by atoms with van der Waals surface area (Å²) in [5.74, 6) is 0.426. The summed E-state index contributed by atoms with van der Waals surface area (Å²) in [5.41, 5.74) is 0.142. The van der Waals surface area contributed by atoms with Gasteiger partial charge in [0.2, 0.25) is 0 Å². The van der Waals surface area contributed by atoms with E-state index in [-0.39, 0.29) is 17.0 Å². The molecule has 0 radical (unpaired) electrons. The summed E-state index contributed by atoms with van der Waals surface area (Å²) in [4.78, 5) is 12.3. The van der Waals surface area contributed by atoms with Crippen LogP contribution in [0.5, 0.6) is 0 Å². The minimum atomic E-state index is -3.19. The van der Waals surface area contributed by atoms with Crippen molar-refractivity contribution in [2.45, 2.75) is 58.8 Å². The second-order valence-electron chi connectivity index (χ2n) is 7.37. The molecule has 2 bridgehead atoms. The highest BCUT2D eigenvalue weighted by molar-refractivity contribution is 7.91. The van der Waals surface area contributed by atoms with Gasteiger partial charge in [0.1, 0.15) is 5.75 Å². The fourth-order valence-electron chi connectivity index (χ4n) is 4.25. The predicted molar refractivity (Wildman–Crippen MR) is 76.7 cm³/mol. The van der Waals surface area contributed by atoms with Gasteiger partial charge in [0.25, 0.3) is 0 Å². The standard InChI is InChI=1S/C15H26O3S/c1-12(2)10-14-4-7-15(8-5-14,9-6-14)13(16)11-19(3,17)18/h12H,4-11H2,1-3H3. The number of rotatable bonds is 5. The molecule has 110 valence electrons. The van der Waals surface area contributed by atoms with Crippen LogP contribution < -0.4 is 0 Å². The predicted octanol–water partition coefficient (Wildman–Crippen LogP) is 2.99. The molecule has 3 rings (SSSR count). The van der Waals surface area contributed by atoms with Gasteiger partial charge >= 0.3 is 0 Å². The first-order valence-corrected chi connectivity index (χ1v) is 9.44. The summed E-state index contributed by atoms with van der Waals surface area (Å²) in [7, 11) is -3.19. The van der Waals surface area contributed by atoms with Crippen molar-refractivity contribution < 1.29 is 13.2 Å². The molecule has 0 aromatic carbocycles. The molecule has 0 saturated heterocycles. The minimum Gasteiger partial charge on any atom is -0.298 e. The number of fused-ring (bicyclic) bond motifs is 3. The van der Waals surface area contributed by atoms with Crippen molar-refractivity contribution in [1.82, 2.24) is 0 Å². The fourth-order valence-corrected chi connectivity index (χ4v) is 5.03.